The van der Waals surface area contributed by atoms with E-state index in [1.807, 2.05) is 0 Å². The van der Waals surface area contributed by atoms with Crippen LogP contribution in [0.5, 0.6) is 0 Å². The van der Waals surface area contributed by atoms with Crippen LogP contribution in [0, 0.1) is 6.92 Å². The summed E-state index contributed by atoms with van der Waals surface area (Å²) >= 11 is 3.32. The lowest BCUT2D eigenvalue weighted by atomic mass is 10.2. The summed E-state index contributed by atoms with van der Waals surface area (Å²) in [6.07, 6.45) is 2.36. The molecule has 0 aromatic rings. The highest BCUT2D eigenvalue weighted by molar-refractivity contribution is 9.09. The van der Waals surface area contributed by atoms with Gasteiger partial charge < -0.3 is 4.74 Å². The summed E-state index contributed by atoms with van der Waals surface area (Å²) in [6, 6.07) is 0. The van der Waals surface area contributed by atoms with E-state index in [0.29, 0.717) is 0 Å². The van der Waals surface area contributed by atoms with Crippen LogP contribution in [0.4, 0.5) is 0 Å². The van der Waals surface area contributed by atoms with Crippen molar-refractivity contribution in [1.82, 2.24) is 0 Å². The first-order chi connectivity index (χ1) is 3.81. The Kier molecular flexibility index (Phi) is 5.88. The average Bonchev–Trinajstić information content (AvgIpc) is 1.83. The Morgan fingerprint density at radius 3 is 2.75 bits per heavy atom. The number of halogens is 1. The summed E-state index contributed by atoms with van der Waals surface area (Å²) in [5.74, 6) is 0. The molecule has 0 aliphatic carbocycles. The highest BCUT2D eigenvalue weighted by Gasteiger charge is 1.95. The maximum Gasteiger partial charge on any atom is 0.0572 e. The zero-order valence-electron chi connectivity index (χ0n) is 5.19. The number of methoxy groups -OCH3 is 1. The van der Waals surface area contributed by atoms with Crippen molar-refractivity contribution in [3.8, 4) is 0 Å². The van der Waals surface area contributed by atoms with E-state index < -0.39 is 0 Å². The molecule has 0 fully saturated rings. The van der Waals surface area contributed by atoms with Crippen molar-refractivity contribution in [2.24, 2.45) is 0 Å². The van der Waals surface area contributed by atoms with E-state index >= 15 is 0 Å². The Balaban J connectivity index is 2.86. The van der Waals surface area contributed by atoms with Gasteiger partial charge in [0.15, 0.2) is 0 Å². The second-order valence-corrected chi connectivity index (χ2v) is 2.48. The zero-order chi connectivity index (χ0) is 6.41. The predicted molar refractivity (Wildman–Crippen MR) is 39.2 cm³/mol. The van der Waals surface area contributed by atoms with E-state index in [1.165, 1.54) is 0 Å². The lowest BCUT2D eigenvalue weighted by molar-refractivity contribution is 0.131. The van der Waals surface area contributed by atoms with Crippen LogP contribution in [-0.2, 0) is 4.74 Å². The van der Waals surface area contributed by atoms with Crippen LogP contribution in [0.3, 0.4) is 0 Å². The monoisotopic (exact) mass is 179 g/mol. The number of hydrogen-bond acceptors (Lipinski definition) is 1. The number of alkyl halides is 1. The number of hydrogen-bond donors (Lipinski definition) is 0. The molecule has 0 aromatic heterocycles. The van der Waals surface area contributed by atoms with Crippen molar-refractivity contribution in [3.63, 3.8) is 0 Å². The third-order valence-electron chi connectivity index (χ3n) is 0.993. The van der Waals surface area contributed by atoms with Crippen molar-refractivity contribution in [3.05, 3.63) is 6.92 Å². The normalized spacial score (nSPS) is 13.9. The largest absolute Gasteiger partial charge is 0.381 e. The van der Waals surface area contributed by atoms with Gasteiger partial charge in [-0.05, 0) is 19.8 Å². The lowest BCUT2D eigenvalue weighted by Crippen LogP contribution is -2.04. The average molecular weight is 180 g/mol. The highest BCUT2D eigenvalue weighted by Crippen LogP contribution is 2.00. The third-order valence-corrected chi connectivity index (χ3v) is 1.55. The van der Waals surface area contributed by atoms with Gasteiger partial charge in [0, 0.05) is 12.4 Å². The molecule has 0 saturated heterocycles. The van der Waals surface area contributed by atoms with Gasteiger partial charge in [-0.2, -0.15) is 0 Å². The highest BCUT2D eigenvalue weighted by atomic mass is 79.9. The zero-order valence-corrected chi connectivity index (χ0v) is 6.78. The first-order valence-corrected chi connectivity index (χ1v) is 3.85. The van der Waals surface area contributed by atoms with Gasteiger partial charge in [0.05, 0.1) is 6.10 Å². The molecule has 1 atom stereocenters. The smallest absolute Gasteiger partial charge is 0.0572 e. The molecule has 0 aliphatic rings. The second kappa shape index (κ2) is 5.57. The summed E-state index contributed by atoms with van der Waals surface area (Å²) in [7, 11) is 1.69. The molecule has 49 valence electrons. The molecule has 2 heteroatoms. The molecule has 0 saturated carbocycles. The topological polar surface area (TPSA) is 9.23 Å². The molecule has 0 spiro atoms. The van der Waals surface area contributed by atoms with E-state index in [2.05, 4.69) is 22.9 Å². The van der Waals surface area contributed by atoms with Gasteiger partial charge in [0.25, 0.3) is 0 Å². The first-order valence-electron chi connectivity index (χ1n) is 2.73. The molecular weight excluding hydrogens is 168 g/mol. The molecule has 1 unspecified atom stereocenters. The fourth-order valence-corrected chi connectivity index (χ4v) is 0.746. The van der Waals surface area contributed by atoms with E-state index in [9.17, 15) is 0 Å². The summed E-state index contributed by atoms with van der Waals surface area (Å²) < 4.78 is 4.92. The Labute approximate surface area is 59.5 Å². The maximum atomic E-state index is 4.92. The predicted octanol–water partition coefficient (Wildman–Crippen LogP) is 2.01. The van der Waals surface area contributed by atoms with E-state index in [1.54, 1.807) is 7.11 Å². The molecule has 0 amide bonds. The van der Waals surface area contributed by atoms with E-state index in [0.717, 1.165) is 18.2 Å². The maximum absolute atomic E-state index is 4.92. The fraction of sp³-hybridized carbons (Fsp3) is 0.833. The molecule has 0 heterocycles. The van der Waals surface area contributed by atoms with Crippen molar-refractivity contribution in [2.75, 3.05) is 12.4 Å². The Hall–Kier alpha value is 0.440. The Morgan fingerprint density at radius 1 is 1.75 bits per heavy atom. The van der Waals surface area contributed by atoms with Gasteiger partial charge in [-0.3, -0.25) is 0 Å². The molecule has 0 rings (SSSR count). The van der Waals surface area contributed by atoms with Gasteiger partial charge in [-0.1, -0.05) is 15.9 Å². The minimum Gasteiger partial charge on any atom is -0.381 e. The fourth-order valence-electron chi connectivity index (χ4n) is 0.423. The van der Waals surface area contributed by atoms with Crippen LogP contribution < -0.4 is 0 Å². The molecule has 0 aromatic carbocycles. The first kappa shape index (κ1) is 8.44. The van der Waals surface area contributed by atoms with Gasteiger partial charge in [-0.25, -0.2) is 0 Å². The van der Waals surface area contributed by atoms with Crippen LogP contribution in [0.15, 0.2) is 0 Å². The Morgan fingerprint density at radius 2 is 2.38 bits per heavy atom. The molecule has 8 heavy (non-hydrogen) atoms. The molecule has 0 bridgehead atoms. The number of ether oxygens (including phenoxy) is 1. The van der Waals surface area contributed by atoms with Gasteiger partial charge in [0.1, 0.15) is 0 Å². The molecular formula is C6H12BrO. The van der Waals surface area contributed by atoms with Crippen molar-refractivity contribution in [2.45, 2.75) is 18.9 Å². The third kappa shape index (κ3) is 4.60. The lowest BCUT2D eigenvalue weighted by Gasteiger charge is -2.05. The second-order valence-electron chi connectivity index (χ2n) is 1.69. The van der Waals surface area contributed by atoms with Crippen LogP contribution >= 0.6 is 15.9 Å². The van der Waals surface area contributed by atoms with Crippen molar-refractivity contribution in [1.29, 1.82) is 0 Å². The van der Waals surface area contributed by atoms with Crippen LogP contribution in [0.2, 0.25) is 0 Å². The van der Waals surface area contributed by atoms with Crippen molar-refractivity contribution < 1.29 is 4.74 Å². The minimum absolute atomic E-state index is 0.174. The quantitative estimate of drug-likeness (QED) is 0.601. The SMILES string of the molecule is [CH2]C(CCCBr)OC. The molecule has 1 radical (unpaired) electrons. The van der Waals surface area contributed by atoms with Crippen LogP contribution in [0.1, 0.15) is 12.8 Å². The molecule has 0 N–H and O–H groups in total. The van der Waals surface area contributed by atoms with Gasteiger partial charge in [-0.15, -0.1) is 0 Å². The van der Waals surface area contributed by atoms with E-state index in [-0.39, 0.29) is 6.10 Å². The standard InChI is InChI=1S/C6H12BrO/c1-6(8-2)4-3-5-7/h6H,1,3-5H2,2H3. The summed E-state index contributed by atoms with van der Waals surface area (Å²) in [5, 5.41) is 1.04. The number of rotatable bonds is 4. The van der Waals surface area contributed by atoms with Crippen LogP contribution in [-0.4, -0.2) is 18.5 Å². The minimum atomic E-state index is 0.174. The summed E-state index contributed by atoms with van der Waals surface area (Å²) in [6.45, 7) is 3.75. The summed E-state index contributed by atoms with van der Waals surface area (Å²) in [5.41, 5.74) is 0. The van der Waals surface area contributed by atoms with Crippen molar-refractivity contribution >= 4 is 15.9 Å². The molecule has 0 aliphatic heterocycles. The van der Waals surface area contributed by atoms with E-state index in [4.69, 9.17) is 4.74 Å². The molecule has 1 nitrogen and oxygen atoms in total. The Bertz CT molecular complexity index is 47.8. The van der Waals surface area contributed by atoms with Gasteiger partial charge >= 0.3 is 0 Å². The van der Waals surface area contributed by atoms with Gasteiger partial charge in [0.2, 0.25) is 0 Å². The summed E-state index contributed by atoms with van der Waals surface area (Å²) in [4.78, 5) is 0. The van der Waals surface area contributed by atoms with Crippen LogP contribution in [0.25, 0.3) is 0 Å².